The predicted octanol–water partition coefficient (Wildman–Crippen LogP) is 3.16. The maximum absolute atomic E-state index is 12.5. The summed E-state index contributed by atoms with van der Waals surface area (Å²) in [4.78, 5) is 35.1. The number of hydrogen-bond donors (Lipinski definition) is 1. The third-order valence-corrected chi connectivity index (χ3v) is 3.79. The van der Waals surface area contributed by atoms with E-state index in [4.69, 9.17) is 4.74 Å². The summed E-state index contributed by atoms with van der Waals surface area (Å²) in [7, 11) is 0. The summed E-state index contributed by atoms with van der Waals surface area (Å²) in [6.45, 7) is 2.11. The van der Waals surface area contributed by atoms with Gasteiger partial charge < -0.3 is 9.84 Å². The normalized spacial score (nSPS) is 14.7. The zero-order valence-electron chi connectivity index (χ0n) is 13.2. The van der Waals surface area contributed by atoms with Crippen LogP contribution >= 0.6 is 0 Å². The molecule has 0 aromatic heterocycles. The standard InChI is InChI=1S/C18H13NO6/c1-2-25-16-8-10(3-6-15(16)20)7-14-17(21)12-5-4-11(19(23)24)9-13(12)18(14)22/h3-9,20H,2H2,1H3/b14-7-. The van der Waals surface area contributed by atoms with Crippen LogP contribution in [0.4, 0.5) is 5.69 Å². The number of fused-ring (bicyclic) bond motifs is 1. The van der Waals surface area contributed by atoms with E-state index in [0.717, 1.165) is 6.07 Å². The Labute approximate surface area is 142 Å². The van der Waals surface area contributed by atoms with Crippen molar-refractivity contribution >= 4 is 23.3 Å². The number of benzene rings is 2. The molecular formula is C18H13NO6. The monoisotopic (exact) mass is 339 g/mol. The van der Waals surface area contributed by atoms with Gasteiger partial charge >= 0.3 is 0 Å². The molecule has 7 heteroatoms. The molecule has 1 aliphatic rings. The number of phenols is 1. The van der Waals surface area contributed by atoms with Gasteiger partial charge in [0.2, 0.25) is 0 Å². The summed E-state index contributed by atoms with van der Waals surface area (Å²) in [5.41, 5.74) is 0.341. The topological polar surface area (TPSA) is 107 Å². The number of allylic oxidation sites excluding steroid dienone is 1. The van der Waals surface area contributed by atoms with E-state index in [1.54, 1.807) is 6.92 Å². The van der Waals surface area contributed by atoms with E-state index in [2.05, 4.69) is 0 Å². The molecule has 0 saturated heterocycles. The Balaban J connectivity index is 2.03. The molecule has 2 aromatic carbocycles. The molecular weight excluding hydrogens is 326 g/mol. The number of ketones is 2. The summed E-state index contributed by atoms with van der Waals surface area (Å²) < 4.78 is 5.28. The first-order valence-corrected chi connectivity index (χ1v) is 7.47. The average Bonchev–Trinajstić information content (AvgIpc) is 2.82. The second-order valence-electron chi connectivity index (χ2n) is 5.36. The highest BCUT2D eigenvalue weighted by Crippen LogP contribution is 2.32. The van der Waals surface area contributed by atoms with E-state index in [9.17, 15) is 24.8 Å². The van der Waals surface area contributed by atoms with Gasteiger partial charge in [-0.15, -0.1) is 0 Å². The zero-order chi connectivity index (χ0) is 18.1. The van der Waals surface area contributed by atoms with Gasteiger partial charge in [0.05, 0.1) is 17.1 Å². The van der Waals surface area contributed by atoms with Gasteiger partial charge in [-0.25, -0.2) is 0 Å². The molecule has 126 valence electrons. The van der Waals surface area contributed by atoms with Crippen LogP contribution in [0.1, 0.15) is 33.2 Å². The minimum Gasteiger partial charge on any atom is -0.504 e. The lowest BCUT2D eigenvalue weighted by molar-refractivity contribution is -0.384. The second-order valence-corrected chi connectivity index (χ2v) is 5.36. The number of phenolic OH excluding ortho intramolecular Hbond substituents is 1. The van der Waals surface area contributed by atoms with Crippen molar-refractivity contribution in [3.63, 3.8) is 0 Å². The maximum Gasteiger partial charge on any atom is 0.270 e. The minimum atomic E-state index is -0.617. The molecule has 3 rings (SSSR count). The van der Waals surface area contributed by atoms with Crippen LogP contribution in [0.2, 0.25) is 0 Å². The Morgan fingerprint density at radius 1 is 1.12 bits per heavy atom. The molecule has 0 unspecified atom stereocenters. The van der Waals surface area contributed by atoms with Crippen LogP contribution in [-0.2, 0) is 0 Å². The van der Waals surface area contributed by atoms with Crippen molar-refractivity contribution in [2.24, 2.45) is 0 Å². The van der Waals surface area contributed by atoms with E-state index in [1.807, 2.05) is 0 Å². The second kappa shape index (κ2) is 6.20. The largest absolute Gasteiger partial charge is 0.504 e. The highest BCUT2D eigenvalue weighted by Gasteiger charge is 2.34. The first-order valence-electron chi connectivity index (χ1n) is 7.47. The van der Waals surface area contributed by atoms with Crippen molar-refractivity contribution in [3.8, 4) is 11.5 Å². The van der Waals surface area contributed by atoms with Crippen LogP contribution in [0.3, 0.4) is 0 Å². The van der Waals surface area contributed by atoms with Crippen molar-refractivity contribution in [1.82, 2.24) is 0 Å². The van der Waals surface area contributed by atoms with Gasteiger partial charge in [0, 0.05) is 23.3 Å². The van der Waals surface area contributed by atoms with Crippen LogP contribution in [0.25, 0.3) is 6.08 Å². The summed E-state index contributed by atoms with van der Waals surface area (Å²) in [5, 5.41) is 20.6. The zero-order valence-corrected chi connectivity index (χ0v) is 13.2. The number of non-ortho nitro benzene ring substituents is 1. The van der Waals surface area contributed by atoms with E-state index in [1.165, 1.54) is 36.4 Å². The van der Waals surface area contributed by atoms with E-state index in [0.29, 0.717) is 12.2 Å². The van der Waals surface area contributed by atoms with Crippen molar-refractivity contribution in [1.29, 1.82) is 0 Å². The number of carbonyl (C=O) groups excluding carboxylic acids is 2. The fourth-order valence-corrected chi connectivity index (χ4v) is 2.61. The molecule has 25 heavy (non-hydrogen) atoms. The Hall–Kier alpha value is -3.48. The lowest BCUT2D eigenvalue weighted by Gasteiger charge is -2.06. The van der Waals surface area contributed by atoms with Gasteiger partial charge in [0.15, 0.2) is 23.1 Å². The number of carbonyl (C=O) groups is 2. The van der Waals surface area contributed by atoms with Crippen LogP contribution in [0.5, 0.6) is 11.5 Å². The van der Waals surface area contributed by atoms with Crippen molar-refractivity contribution in [2.45, 2.75) is 6.92 Å². The lowest BCUT2D eigenvalue weighted by Crippen LogP contribution is -2.00. The van der Waals surface area contributed by atoms with Gasteiger partial charge in [-0.1, -0.05) is 6.07 Å². The van der Waals surface area contributed by atoms with Crippen LogP contribution in [0.15, 0.2) is 42.0 Å². The Morgan fingerprint density at radius 2 is 1.84 bits per heavy atom. The molecule has 0 spiro atoms. The van der Waals surface area contributed by atoms with Crippen LogP contribution in [0, 0.1) is 10.1 Å². The number of Topliss-reactive ketones (excluding diaryl/α,β-unsaturated/α-hetero) is 2. The molecule has 0 bridgehead atoms. The van der Waals surface area contributed by atoms with Crippen molar-refractivity contribution in [3.05, 3.63) is 68.8 Å². The van der Waals surface area contributed by atoms with Crippen LogP contribution < -0.4 is 4.74 Å². The number of aromatic hydroxyl groups is 1. The van der Waals surface area contributed by atoms with Gasteiger partial charge in [0.25, 0.3) is 5.69 Å². The first-order chi connectivity index (χ1) is 11.9. The maximum atomic E-state index is 12.5. The number of nitro benzene ring substituents is 1. The van der Waals surface area contributed by atoms with Gasteiger partial charge in [-0.05, 0) is 36.8 Å². The molecule has 0 heterocycles. The third kappa shape index (κ3) is 2.87. The number of rotatable bonds is 4. The molecule has 1 N–H and O–H groups in total. The molecule has 0 atom stereocenters. The van der Waals surface area contributed by atoms with Crippen molar-refractivity contribution < 1.29 is 24.4 Å². The summed E-state index contributed by atoms with van der Waals surface area (Å²) in [5.74, 6) is -0.856. The molecule has 0 radical (unpaired) electrons. The molecule has 2 aromatic rings. The molecule has 0 amide bonds. The Bertz CT molecular complexity index is 945. The van der Waals surface area contributed by atoms with E-state index < -0.39 is 16.5 Å². The fourth-order valence-electron chi connectivity index (χ4n) is 2.61. The number of nitro groups is 1. The molecule has 0 fully saturated rings. The van der Waals surface area contributed by atoms with E-state index in [-0.39, 0.29) is 33.9 Å². The quantitative estimate of drug-likeness (QED) is 0.397. The molecule has 7 nitrogen and oxygen atoms in total. The lowest BCUT2D eigenvalue weighted by atomic mass is 10.1. The smallest absolute Gasteiger partial charge is 0.270 e. The van der Waals surface area contributed by atoms with Gasteiger partial charge in [0.1, 0.15) is 0 Å². The molecule has 1 aliphatic carbocycles. The number of hydrogen-bond acceptors (Lipinski definition) is 6. The fraction of sp³-hybridized carbons (Fsp3) is 0.111. The number of nitrogens with zero attached hydrogens (tertiary/aromatic N) is 1. The summed E-state index contributed by atoms with van der Waals surface area (Å²) in [6, 6.07) is 8.05. The first kappa shape index (κ1) is 16.4. The Morgan fingerprint density at radius 3 is 2.52 bits per heavy atom. The van der Waals surface area contributed by atoms with Gasteiger partial charge in [-0.3, -0.25) is 19.7 Å². The van der Waals surface area contributed by atoms with Gasteiger partial charge in [-0.2, -0.15) is 0 Å². The average molecular weight is 339 g/mol. The molecule has 0 saturated carbocycles. The number of ether oxygens (including phenoxy) is 1. The summed E-state index contributed by atoms with van der Waals surface area (Å²) in [6.07, 6.45) is 1.39. The van der Waals surface area contributed by atoms with Crippen LogP contribution in [-0.4, -0.2) is 28.2 Å². The predicted molar refractivity (Wildman–Crippen MR) is 89.0 cm³/mol. The highest BCUT2D eigenvalue weighted by atomic mass is 16.6. The third-order valence-electron chi connectivity index (χ3n) is 3.79. The molecule has 0 aliphatic heterocycles. The summed E-state index contributed by atoms with van der Waals surface area (Å²) >= 11 is 0. The van der Waals surface area contributed by atoms with Crippen molar-refractivity contribution in [2.75, 3.05) is 6.61 Å². The Kier molecular flexibility index (Phi) is 4.06. The SMILES string of the molecule is CCOc1cc(/C=C2/C(=O)c3ccc([N+](=O)[O-])cc3C2=O)ccc1O. The highest BCUT2D eigenvalue weighted by molar-refractivity contribution is 6.41. The van der Waals surface area contributed by atoms with E-state index >= 15 is 0 Å². The minimum absolute atomic E-state index is 0.0225.